The second-order valence-electron chi connectivity index (χ2n) is 15.8. The summed E-state index contributed by atoms with van der Waals surface area (Å²) < 4.78 is 0. The maximum absolute atomic E-state index is 2.63. The van der Waals surface area contributed by atoms with E-state index in [0.717, 1.165) is 0 Å². The van der Waals surface area contributed by atoms with E-state index in [9.17, 15) is 0 Å². The topological polar surface area (TPSA) is 0 Å². The van der Waals surface area contributed by atoms with Gasteiger partial charge in [-0.05, 0) is 142 Å². The molecule has 0 spiro atoms. The van der Waals surface area contributed by atoms with Crippen LogP contribution >= 0.6 is 0 Å². The van der Waals surface area contributed by atoms with Crippen molar-refractivity contribution < 1.29 is 0 Å². The van der Waals surface area contributed by atoms with E-state index in [-0.39, 0.29) is 10.8 Å². The number of allylic oxidation sites excluding steroid dienone is 14. The third-order valence-electron chi connectivity index (χ3n) is 13.0. The van der Waals surface area contributed by atoms with Crippen LogP contribution in [0.2, 0.25) is 0 Å². The van der Waals surface area contributed by atoms with Gasteiger partial charge in [-0.25, -0.2) is 0 Å². The van der Waals surface area contributed by atoms with Crippen LogP contribution in [0.3, 0.4) is 0 Å². The van der Waals surface area contributed by atoms with Crippen molar-refractivity contribution in [3.8, 4) is 0 Å². The van der Waals surface area contributed by atoms with Gasteiger partial charge in [-0.3, -0.25) is 0 Å². The Morgan fingerprint density at radius 2 is 1.68 bits per heavy atom. The highest BCUT2D eigenvalue weighted by Crippen LogP contribution is 2.62. The van der Waals surface area contributed by atoms with Crippen molar-refractivity contribution in [1.29, 1.82) is 0 Å². The quantitative estimate of drug-likeness (QED) is 0.335. The minimum atomic E-state index is 0.105. The first-order valence-corrected chi connectivity index (χ1v) is 17.5. The maximum Gasteiger partial charge on any atom is 0.0121 e. The fraction of sp³-hybridized carbons (Fsp3) is 0.409. The zero-order valence-electron chi connectivity index (χ0n) is 27.0. The summed E-state index contributed by atoms with van der Waals surface area (Å²) in [6.07, 6.45) is 29.5. The molecule has 2 aromatic carbocycles. The van der Waals surface area contributed by atoms with Crippen molar-refractivity contribution in [3.05, 3.63) is 135 Å². The van der Waals surface area contributed by atoms with E-state index in [2.05, 4.69) is 113 Å². The highest BCUT2D eigenvalue weighted by molar-refractivity contribution is 5.97. The Bertz CT molecular complexity index is 1820. The highest BCUT2D eigenvalue weighted by atomic mass is 14.5. The first-order valence-electron chi connectivity index (χ1n) is 17.5. The molecular formula is C44H46. The summed E-state index contributed by atoms with van der Waals surface area (Å²) in [5.74, 6) is 2.55. The van der Waals surface area contributed by atoms with Crippen LogP contribution in [0.25, 0.3) is 16.7 Å². The van der Waals surface area contributed by atoms with Crippen LogP contribution < -0.4 is 0 Å². The van der Waals surface area contributed by atoms with Gasteiger partial charge in [0.1, 0.15) is 0 Å². The van der Waals surface area contributed by atoms with Crippen molar-refractivity contribution >= 4 is 16.7 Å². The molecule has 7 aliphatic rings. The third kappa shape index (κ3) is 3.70. The van der Waals surface area contributed by atoms with Crippen LogP contribution in [-0.2, 0) is 17.3 Å². The predicted octanol–water partition coefficient (Wildman–Crippen LogP) is 11.3. The van der Waals surface area contributed by atoms with Gasteiger partial charge < -0.3 is 0 Å². The summed E-state index contributed by atoms with van der Waals surface area (Å²) in [4.78, 5) is 0. The van der Waals surface area contributed by atoms with E-state index in [0.29, 0.717) is 23.7 Å². The Morgan fingerprint density at radius 3 is 2.59 bits per heavy atom. The van der Waals surface area contributed by atoms with E-state index in [1.54, 1.807) is 50.1 Å². The molecule has 4 unspecified atom stereocenters. The number of rotatable bonds is 2. The molecule has 0 heteroatoms. The lowest BCUT2D eigenvalue weighted by molar-refractivity contribution is 0.345. The molecule has 2 aromatic rings. The molecule has 0 nitrogen and oxygen atoms in total. The van der Waals surface area contributed by atoms with Gasteiger partial charge in [0.2, 0.25) is 0 Å². The molecule has 0 saturated heterocycles. The van der Waals surface area contributed by atoms with Crippen molar-refractivity contribution in [2.45, 2.75) is 89.9 Å². The minimum Gasteiger partial charge on any atom is -0.0842 e. The Balaban J connectivity index is 1.12. The summed E-state index contributed by atoms with van der Waals surface area (Å²) in [5.41, 5.74) is 19.4. The largest absolute Gasteiger partial charge is 0.0842 e. The molecule has 0 amide bonds. The van der Waals surface area contributed by atoms with Crippen LogP contribution in [0.1, 0.15) is 106 Å². The number of hydrogen-bond acceptors (Lipinski definition) is 0. The second-order valence-corrected chi connectivity index (χ2v) is 15.8. The number of benzene rings is 2. The Hall–Kier alpha value is -3.38. The van der Waals surface area contributed by atoms with Crippen LogP contribution in [-0.4, -0.2) is 0 Å². The predicted molar refractivity (Wildman–Crippen MR) is 186 cm³/mol. The van der Waals surface area contributed by atoms with Gasteiger partial charge in [-0.15, -0.1) is 0 Å². The summed E-state index contributed by atoms with van der Waals surface area (Å²) in [7, 11) is 0. The van der Waals surface area contributed by atoms with E-state index in [1.165, 1.54) is 68.1 Å². The Labute approximate surface area is 264 Å². The highest BCUT2D eigenvalue weighted by Gasteiger charge is 2.50. The molecular weight excluding hydrogens is 528 g/mol. The molecule has 0 radical (unpaired) electrons. The Morgan fingerprint density at radius 1 is 0.841 bits per heavy atom. The maximum atomic E-state index is 2.63. The van der Waals surface area contributed by atoms with Crippen LogP contribution in [0.15, 0.2) is 102 Å². The van der Waals surface area contributed by atoms with E-state index < -0.39 is 0 Å². The Kier molecular flexibility index (Phi) is 5.86. The minimum absolute atomic E-state index is 0.105. The van der Waals surface area contributed by atoms with Gasteiger partial charge in [0, 0.05) is 5.41 Å². The molecule has 0 N–H and O–H groups in total. The fourth-order valence-electron chi connectivity index (χ4n) is 10.8. The molecule has 0 bridgehead atoms. The normalized spacial score (nSPS) is 29.9. The lowest BCUT2D eigenvalue weighted by Crippen LogP contribution is -2.29. The first-order chi connectivity index (χ1) is 21.3. The van der Waals surface area contributed by atoms with Gasteiger partial charge >= 0.3 is 0 Å². The summed E-state index contributed by atoms with van der Waals surface area (Å²) in [6, 6.07) is 14.3. The molecule has 0 aliphatic heterocycles. The SMILES string of the molecule is CC1(C)C2=C(C=C3c4ccc5c(c4C(C)(C)C3C2)CCC(CC2C=CC=C3C=CCCC32)C2=C5CCC=C2)c2ccccc21. The average molecular weight is 575 g/mol. The molecule has 0 aromatic heterocycles. The van der Waals surface area contributed by atoms with Crippen molar-refractivity contribution in [2.24, 2.45) is 23.7 Å². The van der Waals surface area contributed by atoms with Crippen LogP contribution in [0, 0.1) is 23.7 Å². The lowest BCUT2D eigenvalue weighted by atomic mass is 9.67. The van der Waals surface area contributed by atoms with Crippen molar-refractivity contribution in [1.82, 2.24) is 0 Å². The molecule has 222 valence electrons. The lowest BCUT2D eigenvalue weighted by Gasteiger charge is -2.36. The van der Waals surface area contributed by atoms with Crippen LogP contribution in [0.5, 0.6) is 0 Å². The number of hydrogen-bond donors (Lipinski definition) is 0. The summed E-state index contributed by atoms with van der Waals surface area (Å²) in [6.45, 7) is 10.1. The van der Waals surface area contributed by atoms with Gasteiger partial charge in [0.05, 0.1) is 0 Å². The first kappa shape index (κ1) is 27.0. The fourth-order valence-corrected chi connectivity index (χ4v) is 10.8. The van der Waals surface area contributed by atoms with Gasteiger partial charge in [-0.1, -0.05) is 118 Å². The zero-order chi connectivity index (χ0) is 29.8. The molecule has 4 atom stereocenters. The molecule has 0 saturated carbocycles. The standard InChI is InChI=1S/C44H46/c1-43(2)39-19-10-9-18-34(39)37-25-38-36-23-22-33-32-17-8-7-16-31(32)29(24-28-14-11-13-27-12-5-6-15-30(27)28)20-21-35(33)42(36)44(3,4)41(38)26-40(37)43/h5,7,9-14,16,18-19,22-23,25,28-30,41H,6,8,15,17,20-21,24,26H2,1-4H3. The average Bonchev–Trinajstić information content (AvgIpc) is 3.33. The molecule has 0 fully saturated rings. The van der Waals surface area contributed by atoms with Crippen molar-refractivity contribution in [2.75, 3.05) is 0 Å². The molecule has 44 heavy (non-hydrogen) atoms. The van der Waals surface area contributed by atoms with E-state index in [4.69, 9.17) is 0 Å². The second kappa shape index (κ2) is 9.56. The molecule has 7 aliphatic carbocycles. The van der Waals surface area contributed by atoms with Gasteiger partial charge in [0.25, 0.3) is 0 Å². The van der Waals surface area contributed by atoms with Gasteiger partial charge in [0.15, 0.2) is 0 Å². The monoisotopic (exact) mass is 574 g/mol. The smallest absolute Gasteiger partial charge is 0.0121 e. The van der Waals surface area contributed by atoms with Crippen molar-refractivity contribution in [3.63, 3.8) is 0 Å². The molecule has 9 rings (SSSR count). The summed E-state index contributed by atoms with van der Waals surface area (Å²) in [5, 5.41) is 0. The zero-order valence-corrected chi connectivity index (χ0v) is 27.0. The van der Waals surface area contributed by atoms with E-state index >= 15 is 0 Å². The van der Waals surface area contributed by atoms with E-state index in [1.807, 2.05) is 0 Å². The van der Waals surface area contributed by atoms with Crippen LogP contribution in [0.4, 0.5) is 0 Å². The number of fused-ring (bicyclic) bond motifs is 9. The van der Waals surface area contributed by atoms with Gasteiger partial charge in [-0.2, -0.15) is 0 Å². The molecule has 0 heterocycles. The summed E-state index contributed by atoms with van der Waals surface area (Å²) >= 11 is 0. The third-order valence-corrected chi connectivity index (χ3v) is 13.0.